The summed E-state index contributed by atoms with van der Waals surface area (Å²) in [5.41, 5.74) is 4.45. The fraction of sp³-hybridized carbons (Fsp3) is 0.438. The van der Waals surface area contributed by atoms with Crippen LogP contribution in [0, 0.1) is 10.8 Å². The minimum atomic E-state index is -0.808. The van der Waals surface area contributed by atoms with Crippen LogP contribution < -0.4 is 11.1 Å². The van der Waals surface area contributed by atoms with E-state index in [-0.39, 0.29) is 30.5 Å². The zero-order valence-corrected chi connectivity index (χ0v) is 13.5. The number of hydrogen-bond acceptors (Lipinski definition) is 6. The molecule has 2 heterocycles. The molecule has 0 bridgehead atoms. The second-order valence-electron chi connectivity index (χ2n) is 5.88. The Morgan fingerprint density at radius 3 is 2.79 bits per heavy atom. The second kappa shape index (κ2) is 7.31. The normalized spacial score (nSPS) is 25.0. The minimum absolute atomic E-state index is 0.0218. The molecular weight excluding hydrogens is 310 g/mol. The predicted molar refractivity (Wildman–Crippen MR) is 89.5 cm³/mol. The number of nitrogens with one attached hydrogen (secondary N) is 2. The van der Waals surface area contributed by atoms with Crippen LogP contribution in [0.2, 0.25) is 0 Å². The van der Waals surface area contributed by atoms with Gasteiger partial charge in [0.15, 0.2) is 5.78 Å². The SMILES string of the molecule is CC(=O)C(=N)C1(CNCC(=O)N2C=CC[C@H]2C(N)=O)C=CN=CC1. The molecule has 0 aliphatic carbocycles. The molecule has 4 N–H and O–H groups in total. The summed E-state index contributed by atoms with van der Waals surface area (Å²) in [6.07, 6.45) is 9.01. The van der Waals surface area contributed by atoms with Gasteiger partial charge in [-0.3, -0.25) is 19.4 Å². The monoisotopic (exact) mass is 331 g/mol. The third-order valence-electron chi connectivity index (χ3n) is 4.18. The summed E-state index contributed by atoms with van der Waals surface area (Å²) in [7, 11) is 0. The highest BCUT2D eigenvalue weighted by molar-refractivity contribution is 6.40. The van der Waals surface area contributed by atoms with E-state index >= 15 is 0 Å². The fourth-order valence-electron chi connectivity index (χ4n) is 2.80. The second-order valence-corrected chi connectivity index (χ2v) is 5.88. The third kappa shape index (κ3) is 3.65. The number of hydrogen-bond donors (Lipinski definition) is 3. The molecule has 8 heteroatoms. The van der Waals surface area contributed by atoms with Crippen molar-refractivity contribution in [2.24, 2.45) is 16.1 Å². The van der Waals surface area contributed by atoms with Crippen LogP contribution in [0.15, 0.2) is 29.5 Å². The van der Waals surface area contributed by atoms with Gasteiger partial charge in [-0.25, -0.2) is 0 Å². The summed E-state index contributed by atoms with van der Waals surface area (Å²) in [6, 6.07) is -0.648. The summed E-state index contributed by atoms with van der Waals surface area (Å²) >= 11 is 0. The number of ketones is 1. The van der Waals surface area contributed by atoms with Gasteiger partial charge >= 0.3 is 0 Å². The number of Topliss-reactive ketones (excluding diaryl/α,β-unsaturated/α-hetero) is 1. The van der Waals surface area contributed by atoms with E-state index in [9.17, 15) is 14.4 Å². The zero-order valence-electron chi connectivity index (χ0n) is 13.5. The van der Waals surface area contributed by atoms with Crippen molar-refractivity contribution in [3.8, 4) is 0 Å². The summed E-state index contributed by atoms with van der Waals surface area (Å²) in [5, 5.41) is 11.0. The molecule has 0 saturated heterocycles. The standard InChI is InChI=1S/C16H21N5O3/c1-11(22)14(17)16(4-6-19-7-5-16)10-20-9-13(23)21-8-2-3-12(21)15(18)24/h2,4,6-8,12,17,20H,3,5,9-10H2,1H3,(H2,18,24)/t12-,16?/m0/s1. The first-order valence-corrected chi connectivity index (χ1v) is 7.64. The van der Waals surface area contributed by atoms with Gasteiger partial charge in [-0.15, -0.1) is 0 Å². The molecule has 0 aromatic heterocycles. The van der Waals surface area contributed by atoms with E-state index in [1.165, 1.54) is 11.8 Å². The summed E-state index contributed by atoms with van der Waals surface area (Å²) in [6.45, 7) is 1.58. The molecule has 0 aromatic rings. The summed E-state index contributed by atoms with van der Waals surface area (Å²) in [4.78, 5) is 40.5. The van der Waals surface area contributed by atoms with Crippen LogP contribution in [0.1, 0.15) is 19.8 Å². The Morgan fingerprint density at radius 2 is 2.21 bits per heavy atom. The topological polar surface area (TPSA) is 129 Å². The Kier molecular flexibility index (Phi) is 5.40. The number of nitrogens with zero attached hydrogens (tertiary/aromatic N) is 2. The van der Waals surface area contributed by atoms with Gasteiger partial charge in [-0.05, 0) is 12.8 Å². The Bertz CT molecular complexity index is 652. The zero-order chi connectivity index (χ0) is 17.7. The minimum Gasteiger partial charge on any atom is -0.368 e. The molecule has 2 rings (SSSR count). The van der Waals surface area contributed by atoms with E-state index in [1.54, 1.807) is 30.8 Å². The van der Waals surface area contributed by atoms with Crippen LogP contribution in [-0.4, -0.2) is 53.6 Å². The Hall–Kier alpha value is -2.61. The number of nitrogens with two attached hydrogens (primary N) is 1. The molecule has 2 aliphatic heterocycles. The average molecular weight is 331 g/mol. The maximum atomic E-state index is 12.2. The summed E-state index contributed by atoms with van der Waals surface area (Å²) < 4.78 is 0. The first-order chi connectivity index (χ1) is 11.4. The Morgan fingerprint density at radius 1 is 1.46 bits per heavy atom. The van der Waals surface area contributed by atoms with E-state index in [0.717, 1.165) is 0 Å². The number of amides is 2. The van der Waals surface area contributed by atoms with Crippen molar-refractivity contribution in [1.29, 1.82) is 5.41 Å². The highest BCUT2D eigenvalue weighted by atomic mass is 16.2. The predicted octanol–water partition coefficient (Wildman–Crippen LogP) is -0.241. The van der Waals surface area contributed by atoms with E-state index in [0.29, 0.717) is 12.8 Å². The third-order valence-corrected chi connectivity index (χ3v) is 4.18. The fourth-order valence-corrected chi connectivity index (χ4v) is 2.80. The van der Waals surface area contributed by atoms with Gasteiger partial charge < -0.3 is 21.4 Å². The van der Waals surface area contributed by atoms with E-state index in [4.69, 9.17) is 11.1 Å². The smallest absolute Gasteiger partial charge is 0.241 e. The highest BCUT2D eigenvalue weighted by Gasteiger charge is 2.35. The highest BCUT2D eigenvalue weighted by Crippen LogP contribution is 2.27. The van der Waals surface area contributed by atoms with Gasteiger partial charge in [-0.2, -0.15) is 0 Å². The van der Waals surface area contributed by atoms with E-state index < -0.39 is 17.4 Å². The van der Waals surface area contributed by atoms with Gasteiger partial charge in [0.25, 0.3) is 0 Å². The lowest BCUT2D eigenvalue weighted by molar-refractivity contribution is -0.134. The van der Waals surface area contributed by atoms with Gasteiger partial charge in [-0.1, -0.05) is 12.2 Å². The number of primary amides is 1. The Labute approximate surface area is 140 Å². The average Bonchev–Trinajstić information content (AvgIpc) is 3.04. The van der Waals surface area contributed by atoms with Crippen molar-refractivity contribution >= 4 is 29.5 Å². The first kappa shape index (κ1) is 17.7. The molecule has 24 heavy (non-hydrogen) atoms. The van der Waals surface area contributed by atoms with Gasteiger partial charge in [0.05, 0.1) is 17.7 Å². The van der Waals surface area contributed by atoms with Crippen LogP contribution in [0.5, 0.6) is 0 Å². The van der Waals surface area contributed by atoms with Crippen LogP contribution in [0.3, 0.4) is 0 Å². The first-order valence-electron chi connectivity index (χ1n) is 7.64. The molecule has 128 valence electrons. The lowest BCUT2D eigenvalue weighted by Crippen LogP contribution is -2.48. The van der Waals surface area contributed by atoms with E-state index in [2.05, 4.69) is 10.3 Å². The number of carbonyl (C=O) groups excluding carboxylic acids is 3. The van der Waals surface area contributed by atoms with Crippen molar-refractivity contribution < 1.29 is 14.4 Å². The van der Waals surface area contributed by atoms with Crippen molar-refractivity contribution in [2.45, 2.75) is 25.8 Å². The molecule has 2 aliphatic rings. The van der Waals surface area contributed by atoms with Crippen LogP contribution in [0.25, 0.3) is 0 Å². The van der Waals surface area contributed by atoms with Crippen molar-refractivity contribution in [1.82, 2.24) is 10.2 Å². The number of rotatable bonds is 7. The van der Waals surface area contributed by atoms with Crippen molar-refractivity contribution in [2.75, 3.05) is 13.1 Å². The lowest BCUT2D eigenvalue weighted by atomic mass is 9.77. The Balaban J connectivity index is 1.97. The van der Waals surface area contributed by atoms with Gasteiger partial charge in [0, 0.05) is 32.1 Å². The van der Waals surface area contributed by atoms with Gasteiger partial charge in [0.1, 0.15) is 6.04 Å². The largest absolute Gasteiger partial charge is 0.368 e. The maximum absolute atomic E-state index is 12.2. The van der Waals surface area contributed by atoms with Crippen LogP contribution in [0.4, 0.5) is 0 Å². The lowest BCUT2D eigenvalue weighted by Gasteiger charge is -2.31. The van der Waals surface area contributed by atoms with Gasteiger partial charge in [0.2, 0.25) is 11.8 Å². The molecule has 2 amide bonds. The summed E-state index contributed by atoms with van der Waals surface area (Å²) in [5.74, 6) is -1.15. The molecule has 1 unspecified atom stereocenters. The molecular formula is C16H21N5O3. The van der Waals surface area contributed by atoms with Crippen molar-refractivity contribution in [3.63, 3.8) is 0 Å². The molecule has 2 atom stereocenters. The molecule has 0 aromatic carbocycles. The molecule has 8 nitrogen and oxygen atoms in total. The molecule has 0 spiro atoms. The van der Waals surface area contributed by atoms with E-state index in [1.807, 2.05) is 0 Å². The molecule has 0 saturated carbocycles. The van der Waals surface area contributed by atoms with Crippen molar-refractivity contribution in [3.05, 3.63) is 24.6 Å². The number of carbonyl (C=O) groups is 3. The van der Waals surface area contributed by atoms with Crippen LogP contribution >= 0.6 is 0 Å². The quantitative estimate of drug-likeness (QED) is 0.556. The molecule has 0 radical (unpaired) electrons. The molecule has 0 fully saturated rings. The van der Waals surface area contributed by atoms with Crippen LogP contribution in [-0.2, 0) is 14.4 Å². The maximum Gasteiger partial charge on any atom is 0.241 e. The number of aliphatic imine (C=N–C) groups is 1.